The van der Waals surface area contributed by atoms with Crippen LogP contribution < -0.4 is 5.32 Å². The zero-order valence-electron chi connectivity index (χ0n) is 11.5. The molecule has 0 saturated carbocycles. The molecule has 1 N–H and O–H groups in total. The van der Waals surface area contributed by atoms with Gasteiger partial charge in [-0.2, -0.15) is 0 Å². The molecule has 0 saturated heterocycles. The highest BCUT2D eigenvalue weighted by Gasteiger charge is 2.03. The largest absolute Gasteiger partial charge is 0.309 e. The summed E-state index contributed by atoms with van der Waals surface area (Å²) < 4.78 is 0. The molecule has 106 valence electrons. The van der Waals surface area contributed by atoms with Gasteiger partial charge in [0.1, 0.15) is 5.15 Å². The highest BCUT2D eigenvalue weighted by atomic mass is 35.5. The lowest BCUT2D eigenvalue weighted by molar-refractivity contribution is -0.116. The third kappa shape index (κ3) is 7.78. The predicted molar refractivity (Wildman–Crippen MR) is 78.3 cm³/mol. The summed E-state index contributed by atoms with van der Waals surface area (Å²) in [6, 6.07) is 0. The topological polar surface area (TPSA) is 54.9 Å². The Bertz CT molecular complexity index is 385. The van der Waals surface area contributed by atoms with Gasteiger partial charge in [-0.3, -0.25) is 9.78 Å². The maximum Gasteiger partial charge on any atom is 0.225 e. The van der Waals surface area contributed by atoms with Gasteiger partial charge in [0.25, 0.3) is 0 Å². The van der Waals surface area contributed by atoms with E-state index >= 15 is 0 Å². The minimum Gasteiger partial charge on any atom is -0.309 e. The van der Waals surface area contributed by atoms with Gasteiger partial charge in [0.05, 0.1) is 12.4 Å². The molecular formula is C14H22ClN3O. The summed E-state index contributed by atoms with van der Waals surface area (Å²) >= 11 is 5.69. The molecule has 0 atom stereocenters. The predicted octanol–water partition coefficient (Wildman–Crippen LogP) is 4.21. The molecule has 0 aromatic carbocycles. The normalized spacial score (nSPS) is 10.4. The molecule has 0 radical (unpaired) electrons. The zero-order chi connectivity index (χ0) is 13.9. The number of nitrogens with one attached hydrogen (secondary N) is 1. The SMILES string of the molecule is CCCCCCCCCC(=O)Nc1cncc(Cl)n1. The van der Waals surface area contributed by atoms with Crippen LogP contribution in [-0.4, -0.2) is 15.9 Å². The maximum atomic E-state index is 11.6. The average Bonchev–Trinajstić information content (AvgIpc) is 2.37. The van der Waals surface area contributed by atoms with Crippen LogP contribution in [0.5, 0.6) is 0 Å². The van der Waals surface area contributed by atoms with E-state index in [1.165, 1.54) is 44.5 Å². The first-order valence-corrected chi connectivity index (χ1v) is 7.37. The Hall–Kier alpha value is -1.16. The summed E-state index contributed by atoms with van der Waals surface area (Å²) in [4.78, 5) is 19.5. The van der Waals surface area contributed by atoms with E-state index in [0.717, 1.165) is 12.8 Å². The van der Waals surface area contributed by atoms with E-state index in [-0.39, 0.29) is 11.1 Å². The summed E-state index contributed by atoms with van der Waals surface area (Å²) in [7, 11) is 0. The number of hydrogen-bond acceptors (Lipinski definition) is 3. The van der Waals surface area contributed by atoms with Gasteiger partial charge < -0.3 is 5.32 Å². The van der Waals surface area contributed by atoms with Crippen molar-refractivity contribution in [3.05, 3.63) is 17.5 Å². The molecule has 0 aliphatic heterocycles. The van der Waals surface area contributed by atoms with Gasteiger partial charge >= 0.3 is 0 Å². The Morgan fingerprint density at radius 3 is 2.53 bits per heavy atom. The van der Waals surface area contributed by atoms with Gasteiger partial charge in [0.15, 0.2) is 5.82 Å². The minimum absolute atomic E-state index is 0.0230. The Kier molecular flexibility index (Phi) is 8.14. The van der Waals surface area contributed by atoms with Gasteiger partial charge in [0, 0.05) is 6.42 Å². The summed E-state index contributed by atoms with van der Waals surface area (Å²) in [5, 5.41) is 2.98. The van der Waals surface area contributed by atoms with E-state index < -0.39 is 0 Å². The number of rotatable bonds is 9. The number of anilines is 1. The molecule has 0 bridgehead atoms. The fourth-order valence-corrected chi connectivity index (χ4v) is 2.00. The monoisotopic (exact) mass is 283 g/mol. The van der Waals surface area contributed by atoms with Gasteiger partial charge in [-0.05, 0) is 6.42 Å². The lowest BCUT2D eigenvalue weighted by atomic mass is 10.1. The summed E-state index contributed by atoms with van der Waals surface area (Å²) in [6.07, 6.45) is 11.9. The highest BCUT2D eigenvalue weighted by Crippen LogP contribution is 2.10. The fourth-order valence-electron chi connectivity index (χ4n) is 1.85. The van der Waals surface area contributed by atoms with Gasteiger partial charge in [0.2, 0.25) is 5.91 Å². The number of aromatic nitrogens is 2. The molecule has 1 heterocycles. The molecule has 0 unspecified atom stereocenters. The van der Waals surface area contributed by atoms with Crippen molar-refractivity contribution in [2.24, 2.45) is 0 Å². The molecule has 5 heteroatoms. The number of hydrogen-bond donors (Lipinski definition) is 1. The van der Waals surface area contributed by atoms with Crippen LogP contribution >= 0.6 is 11.6 Å². The quantitative estimate of drug-likeness (QED) is 0.691. The molecule has 1 rings (SSSR count). The standard InChI is InChI=1S/C14H22ClN3O/c1-2-3-4-5-6-7-8-9-14(19)18-13-11-16-10-12(15)17-13/h10-11H,2-9H2,1H3,(H,17,18,19). The van der Waals surface area contributed by atoms with E-state index in [1.54, 1.807) is 0 Å². The van der Waals surface area contributed by atoms with Gasteiger partial charge in [-0.15, -0.1) is 0 Å². The van der Waals surface area contributed by atoms with Crippen LogP contribution in [0.1, 0.15) is 58.3 Å². The van der Waals surface area contributed by atoms with E-state index in [0.29, 0.717) is 12.2 Å². The molecule has 0 spiro atoms. The van der Waals surface area contributed by atoms with Crippen molar-refractivity contribution < 1.29 is 4.79 Å². The highest BCUT2D eigenvalue weighted by molar-refractivity contribution is 6.29. The van der Waals surface area contributed by atoms with Crippen molar-refractivity contribution in [3.63, 3.8) is 0 Å². The lowest BCUT2D eigenvalue weighted by Crippen LogP contribution is -2.12. The van der Waals surface area contributed by atoms with E-state index in [1.807, 2.05) is 0 Å². The first-order chi connectivity index (χ1) is 9.22. The van der Waals surface area contributed by atoms with Crippen molar-refractivity contribution in [1.29, 1.82) is 0 Å². The van der Waals surface area contributed by atoms with Crippen LogP contribution in [0.4, 0.5) is 5.82 Å². The molecule has 1 aromatic heterocycles. The zero-order valence-corrected chi connectivity index (χ0v) is 12.2. The van der Waals surface area contributed by atoms with Crippen LogP contribution in [0, 0.1) is 0 Å². The second-order valence-electron chi connectivity index (χ2n) is 4.65. The Balaban J connectivity index is 2.08. The lowest BCUT2D eigenvalue weighted by Gasteiger charge is -2.04. The van der Waals surface area contributed by atoms with Crippen molar-refractivity contribution in [2.45, 2.75) is 58.3 Å². The van der Waals surface area contributed by atoms with Crippen LogP contribution in [0.2, 0.25) is 5.15 Å². The number of carbonyl (C=O) groups excluding carboxylic acids is 1. The van der Waals surface area contributed by atoms with Crippen molar-refractivity contribution in [1.82, 2.24) is 9.97 Å². The number of amides is 1. The molecule has 0 aliphatic rings. The second-order valence-corrected chi connectivity index (χ2v) is 5.03. The van der Waals surface area contributed by atoms with E-state index in [4.69, 9.17) is 11.6 Å². The molecule has 0 aliphatic carbocycles. The van der Waals surface area contributed by atoms with Crippen LogP contribution in [0.25, 0.3) is 0 Å². The summed E-state index contributed by atoms with van der Waals surface area (Å²) in [5.74, 6) is 0.394. The third-order valence-corrected chi connectivity index (χ3v) is 3.06. The number of carbonyl (C=O) groups is 1. The van der Waals surface area contributed by atoms with Crippen LogP contribution in [-0.2, 0) is 4.79 Å². The van der Waals surface area contributed by atoms with Crippen LogP contribution in [0.15, 0.2) is 12.4 Å². The first-order valence-electron chi connectivity index (χ1n) is 6.99. The Morgan fingerprint density at radius 1 is 1.16 bits per heavy atom. The van der Waals surface area contributed by atoms with E-state index in [9.17, 15) is 4.79 Å². The summed E-state index contributed by atoms with van der Waals surface area (Å²) in [5.41, 5.74) is 0. The Morgan fingerprint density at radius 2 is 1.84 bits per heavy atom. The van der Waals surface area contributed by atoms with Gasteiger partial charge in [-0.1, -0.05) is 57.0 Å². The van der Waals surface area contributed by atoms with Gasteiger partial charge in [-0.25, -0.2) is 4.98 Å². The van der Waals surface area contributed by atoms with Crippen molar-refractivity contribution >= 4 is 23.3 Å². The Labute approximate surface area is 120 Å². The molecule has 4 nitrogen and oxygen atoms in total. The molecule has 0 fully saturated rings. The minimum atomic E-state index is -0.0230. The van der Waals surface area contributed by atoms with Crippen molar-refractivity contribution in [3.8, 4) is 0 Å². The molecular weight excluding hydrogens is 262 g/mol. The maximum absolute atomic E-state index is 11.6. The smallest absolute Gasteiger partial charge is 0.225 e. The second kappa shape index (κ2) is 9.73. The van der Waals surface area contributed by atoms with Crippen LogP contribution in [0.3, 0.4) is 0 Å². The first kappa shape index (κ1) is 15.9. The average molecular weight is 284 g/mol. The molecule has 1 amide bonds. The molecule has 19 heavy (non-hydrogen) atoms. The van der Waals surface area contributed by atoms with Crippen molar-refractivity contribution in [2.75, 3.05) is 5.32 Å². The number of nitrogens with zero attached hydrogens (tertiary/aromatic N) is 2. The number of unbranched alkanes of at least 4 members (excludes halogenated alkanes) is 6. The molecule has 1 aromatic rings. The van der Waals surface area contributed by atoms with E-state index in [2.05, 4.69) is 22.2 Å². The third-order valence-electron chi connectivity index (χ3n) is 2.88. The summed E-state index contributed by atoms with van der Waals surface area (Å²) in [6.45, 7) is 2.21. The fraction of sp³-hybridized carbons (Fsp3) is 0.643. The number of halogens is 1.